The Bertz CT molecular complexity index is 397. The molecule has 4 aliphatic rings. The largest absolute Gasteiger partial charge is 0.313 e. The van der Waals surface area contributed by atoms with E-state index >= 15 is 0 Å². The van der Waals surface area contributed by atoms with Crippen LogP contribution >= 0.6 is 0 Å². The monoisotopic (exact) mass is 255 g/mol. The van der Waals surface area contributed by atoms with Gasteiger partial charge in [-0.25, -0.2) is 0 Å². The Morgan fingerprint density at radius 1 is 0.842 bits per heavy atom. The zero-order chi connectivity index (χ0) is 12.7. The lowest BCUT2D eigenvalue weighted by Crippen LogP contribution is -2.54. The summed E-state index contributed by atoms with van der Waals surface area (Å²) in [4.78, 5) is 0. The van der Waals surface area contributed by atoms with Gasteiger partial charge in [-0.3, -0.25) is 0 Å². The predicted molar refractivity (Wildman–Crippen MR) is 79.0 cm³/mol. The maximum absolute atomic E-state index is 3.91. The third-order valence-electron chi connectivity index (χ3n) is 5.86. The lowest BCUT2D eigenvalue weighted by molar-refractivity contribution is -0.0133. The Balaban J connectivity index is 1.34. The van der Waals surface area contributed by atoms with Crippen LogP contribution in [0.15, 0.2) is 30.3 Å². The first-order chi connectivity index (χ1) is 9.38. The highest BCUT2D eigenvalue weighted by Gasteiger charge is 2.47. The topological polar surface area (TPSA) is 12.0 Å². The number of benzene rings is 1. The third-order valence-corrected chi connectivity index (χ3v) is 5.86. The molecule has 5 rings (SSSR count). The van der Waals surface area contributed by atoms with E-state index in [0.29, 0.717) is 0 Å². The molecule has 0 aromatic heterocycles. The highest BCUT2D eigenvalue weighted by Crippen LogP contribution is 2.53. The van der Waals surface area contributed by atoms with Crippen molar-refractivity contribution in [3.8, 4) is 0 Å². The number of rotatable bonds is 4. The summed E-state index contributed by atoms with van der Waals surface area (Å²) in [5.41, 5.74) is 1.47. The molecule has 0 aliphatic heterocycles. The molecule has 4 saturated carbocycles. The third kappa shape index (κ3) is 2.33. The van der Waals surface area contributed by atoms with Crippen molar-refractivity contribution in [2.45, 2.75) is 44.6 Å². The minimum absolute atomic E-state index is 0.844. The van der Waals surface area contributed by atoms with Crippen LogP contribution in [-0.4, -0.2) is 12.6 Å². The molecule has 1 heteroatoms. The van der Waals surface area contributed by atoms with Crippen molar-refractivity contribution in [3.63, 3.8) is 0 Å². The molecule has 1 N–H and O–H groups in total. The van der Waals surface area contributed by atoms with Crippen LogP contribution < -0.4 is 5.32 Å². The Kier molecular flexibility index (Phi) is 3.11. The normalized spacial score (nSPS) is 39.7. The van der Waals surface area contributed by atoms with Crippen LogP contribution in [0.4, 0.5) is 0 Å². The summed E-state index contributed by atoms with van der Waals surface area (Å²) in [6, 6.07) is 11.7. The van der Waals surface area contributed by atoms with E-state index in [2.05, 4.69) is 35.6 Å². The standard InChI is InChI=1S/C18H25N/c1-2-4-13(5-3-1)6-7-19-18-16-9-14-8-15(11-16)12-17(18)10-14/h1-5,14-19H,6-12H2. The molecule has 4 bridgehead atoms. The fraction of sp³-hybridized carbons (Fsp3) is 0.667. The SMILES string of the molecule is c1ccc(CCNC2C3CC4CC(C3)CC2C4)cc1. The molecule has 0 unspecified atom stereocenters. The van der Waals surface area contributed by atoms with Crippen LogP contribution in [0.1, 0.15) is 37.7 Å². The van der Waals surface area contributed by atoms with E-state index in [1.165, 1.54) is 37.7 Å². The fourth-order valence-corrected chi connectivity index (χ4v) is 5.29. The fourth-order valence-electron chi connectivity index (χ4n) is 5.29. The van der Waals surface area contributed by atoms with Crippen LogP contribution in [0.25, 0.3) is 0 Å². The van der Waals surface area contributed by atoms with Crippen LogP contribution in [-0.2, 0) is 6.42 Å². The quantitative estimate of drug-likeness (QED) is 0.866. The average molecular weight is 255 g/mol. The van der Waals surface area contributed by atoms with Crippen molar-refractivity contribution < 1.29 is 0 Å². The lowest BCUT2D eigenvalue weighted by atomic mass is 9.54. The van der Waals surface area contributed by atoms with Gasteiger partial charge in [-0.1, -0.05) is 30.3 Å². The minimum Gasteiger partial charge on any atom is -0.313 e. The van der Waals surface area contributed by atoms with Gasteiger partial charge in [0.2, 0.25) is 0 Å². The van der Waals surface area contributed by atoms with E-state index < -0.39 is 0 Å². The van der Waals surface area contributed by atoms with Crippen molar-refractivity contribution >= 4 is 0 Å². The van der Waals surface area contributed by atoms with E-state index in [-0.39, 0.29) is 0 Å². The Labute approximate surface area is 116 Å². The zero-order valence-corrected chi connectivity index (χ0v) is 11.7. The number of nitrogens with one attached hydrogen (secondary N) is 1. The maximum Gasteiger partial charge on any atom is 0.0124 e. The van der Waals surface area contributed by atoms with Crippen molar-refractivity contribution in [2.75, 3.05) is 6.54 Å². The molecule has 0 amide bonds. The summed E-state index contributed by atoms with van der Waals surface area (Å²) in [5.74, 6) is 4.20. The number of hydrogen-bond donors (Lipinski definition) is 1. The van der Waals surface area contributed by atoms with E-state index in [9.17, 15) is 0 Å². The van der Waals surface area contributed by atoms with Gasteiger partial charge in [0, 0.05) is 6.04 Å². The second kappa shape index (κ2) is 4.94. The van der Waals surface area contributed by atoms with Crippen LogP contribution in [0.3, 0.4) is 0 Å². The predicted octanol–water partition coefficient (Wildman–Crippen LogP) is 3.64. The molecule has 0 atom stereocenters. The zero-order valence-electron chi connectivity index (χ0n) is 11.7. The highest BCUT2D eigenvalue weighted by atomic mass is 14.9. The van der Waals surface area contributed by atoms with Crippen molar-refractivity contribution in [2.24, 2.45) is 23.7 Å². The van der Waals surface area contributed by atoms with E-state index in [4.69, 9.17) is 0 Å². The second-order valence-electron chi connectivity index (χ2n) is 7.15. The molecule has 1 aromatic carbocycles. The van der Waals surface area contributed by atoms with Gasteiger partial charge in [0.25, 0.3) is 0 Å². The maximum atomic E-state index is 3.91. The number of hydrogen-bond acceptors (Lipinski definition) is 1. The van der Waals surface area contributed by atoms with Crippen molar-refractivity contribution in [1.29, 1.82) is 0 Å². The van der Waals surface area contributed by atoms with Crippen LogP contribution in [0.2, 0.25) is 0 Å². The van der Waals surface area contributed by atoms with Gasteiger partial charge in [0.1, 0.15) is 0 Å². The minimum atomic E-state index is 0.844. The summed E-state index contributed by atoms with van der Waals surface area (Å²) in [7, 11) is 0. The van der Waals surface area contributed by atoms with Gasteiger partial charge in [-0.2, -0.15) is 0 Å². The Morgan fingerprint density at radius 3 is 2.11 bits per heavy atom. The second-order valence-corrected chi connectivity index (χ2v) is 7.15. The molecule has 0 heterocycles. The van der Waals surface area contributed by atoms with Gasteiger partial charge in [-0.05, 0) is 74.3 Å². The van der Waals surface area contributed by atoms with Gasteiger partial charge < -0.3 is 5.32 Å². The van der Waals surface area contributed by atoms with Gasteiger partial charge in [0.05, 0.1) is 0 Å². The van der Waals surface area contributed by atoms with Gasteiger partial charge in [-0.15, -0.1) is 0 Å². The van der Waals surface area contributed by atoms with Crippen molar-refractivity contribution in [3.05, 3.63) is 35.9 Å². The molecule has 4 aliphatic carbocycles. The highest BCUT2D eigenvalue weighted by molar-refractivity contribution is 5.15. The molecule has 19 heavy (non-hydrogen) atoms. The molecular formula is C18H25N. The van der Waals surface area contributed by atoms with Crippen molar-refractivity contribution in [1.82, 2.24) is 5.32 Å². The van der Waals surface area contributed by atoms with Crippen LogP contribution in [0, 0.1) is 23.7 Å². The molecule has 1 aromatic rings. The molecule has 0 spiro atoms. The first kappa shape index (κ1) is 12.0. The van der Waals surface area contributed by atoms with E-state index in [1.807, 2.05) is 0 Å². The van der Waals surface area contributed by atoms with Gasteiger partial charge >= 0.3 is 0 Å². The molecule has 4 fully saturated rings. The average Bonchev–Trinajstić information content (AvgIpc) is 2.42. The molecular weight excluding hydrogens is 230 g/mol. The summed E-state index contributed by atoms with van der Waals surface area (Å²) in [6.45, 7) is 1.16. The van der Waals surface area contributed by atoms with E-state index in [1.54, 1.807) is 6.42 Å². The smallest absolute Gasteiger partial charge is 0.0124 e. The molecule has 1 nitrogen and oxygen atoms in total. The molecule has 102 valence electrons. The summed E-state index contributed by atoms with van der Waals surface area (Å²) in [5, 5.41) is 3.91. The van der Waals surface area contributed by atoms with Crippen LogP contribution in [0.5, 0.6) is 0 Å². The first-order valence-electron chi connectivity index (χ1n) is 8.16. The summed E-state index contributed by atoms with van der Waals surface area (Å²) in [6.07, 6.45) is 8.84. The molecule has 0 saturated heterocycles. The Hall–Kier alpha value is -0.820. The van der Waals surface area contributed by atoms with Gasteiger partial charge in [0.15, 0.2) is 0 Å². The first-order valence-corrected chi connectivity index (χ1v) is 8.16. The Morgan fingerprint density at radius 2 is 1.47 bits per heavy atom. The molecule has 0 radical (unpaired) electrons. The van der Waals surface area contributed by atoms with E-state index in [0.717, 1.165) is 36.3 Å². The summed E-state index contributed by atoms with van der Waals surface area (Å²) >= 11 is 0. The lowest BCUT2D eigenvalue weighted by Gasteiger charge is -2.54. The summed E-state index contributed by atoms with van der Waals surface area (Å²) < 4.78 is 0.